The lowest BCUT2D eigenvalue weighted by molar-refractivity contribution is -0.136. The highest BCUT2D eigenvalue weighted by molar-refractivity contribution is 5.78. The van der Waals surface area contributed by atoms with Crippen molar-refractivity contribution < 1.29 is 9.59 Å². The Balaban J connectivity index is 0. The highest BCUT2D eigenvalue weighted by Gasteiger charge is 2.23. The summed E-state index contributed by atoms with van der Waals surface area (Å²) in [6, 6.07) is 0.517. The molecule has 2 rings (SSSR count). The summed E-state index contributed by atoms with van der Waals surface area (Å²) >= 11 is 0. The fourth-order valence-corrected chi connectivity index (χ4v) is 3.53. The zero-order valence-electron chi connectivity index (χ0n) is 20.5. The van der Waals surface area contributed by atoms with Gasteiger partial charge in [-0.1, -0.05) is 74.7 Å². The molecular formula is C24H50N2O2. The maximum Gasteiger partial charge on any atom is 0.225 e. The van der Waals surface area contributed by atoms with Crippen LogP contribution >= 0.6 is 0 Å². The predicted octanol–water partition coefficient (Wildman–Crippen LogP) is 6.14. The molecule has 4 heteroatoms. The third-order valence-electron chi connectivity index (χ3n) is 5.13. The molecule has 0 spiro atoms. The van der Waals surface area contributed by atoms with Gasteiger partial charge in [-0.05, 0) is 32.1 Å². The first kappa shape index (κ1) is 29.1. The fraction of sp³-hybridized carbons (Fsp3) is 0.917. The summed E-state index contributed by atoms with van der Waals surface area (Å²) < 4.78 is 0. The van der Waals surface area contributed by atoms with E-state index in [2.05, 4.69) is 0 Å². The van der Waals surface area contributed by atoms with Crippen LogP contribution in [0.4, 0.5) is 0 Å². The van der Waals surface area contributed by atoms with E-state index >= 15 is 0 Å². The van der Waals surface area contributed by atoms with E-state index in [4.69, 9.17) is 0 Å². The van der Waals surface area contributed by atoms with Gasteiger partial charge in [-0.2, -0.15) is 0 Å². The standard InChI is InChI=1S/C11H21NO.C9H17NO.2C2H6/c1-9(2)11(13)12(3)10-7-5-4-6-8-10;1-8(2)9(11)10-6-4-3-5-7-10;2*1-2/h9-10H,4-8H2,1-3H3;8H,3-7H2,1-2H3;2*1-2H3. The SMILES string of the molecule is CC.CC.CC(C)C(=O)N(C)C1CCCCC1.CC(C)C(=O)N1CCCCC1. The molecule has 28 heavy (non-hydrogen) atoms. The molecule has 1 aliphatic heterocycles. The summed E-state index contributed by atoms with van der Waals surface area (Å²) in [4.78, 5) is 27.0. The van der Waals surface area contributed by atoms with E-state index in [0.717, 1.165) is 13.1 Å². The van der Waals surface area contributed by atoms with Gasteiger partial charge in [0.1, 0.15) is 0 Å². The van der Waals surface area contributed by atoms with E-state index < -0.39 is 0 Å². The summed E-state index contributed by atoms with van der Waals surface area (Å²) in [6.45, 7) is 17.9. The highest BCUT2D eigenvalue weighted by atomic mass is 16.2. The molecular weight excluding hydrogens is 348 g/mol. The van der Waals surface area contributed by atoms with E-state index in [9.17, 15) is 9.59 Å². The van der Waals surface area contributed by atoms with Crippen LogP contribution in [0.15, 0.2) is 0 Å². The van der Waals surface area contributed by atoms with Gasteiger partial charge in [0.05, 0.1) is 0 Å². The first-order chi connectivity index (χ1) is 13.3. The van der Waals surface area contributed by atoms with Gasteiger partial charge in [0.25, 0.3) is 0 Å². The molecule has 0 atom stereocenters. The van der Waals surface area contributed by atoms with Crippen molar-refractivity contribution in [3.05, 3.63) is 0 Å². The average molecular weight is 399 g/mol. The van der Waals surface area contributed by atoms with Crippen molar-refractivity contribution in [3.63, 3.8) is 0 Å². The zero-order chi connectivity index (χ0) is 22.1. The van der Waals surface area contributed by atoms with Gasteiger partial charge in [0, 0.05) is 38.0 Å². The fourth-order valence-electron chi connectivity index (χ4n) is 3.53. The van der Waals surface area contributed by atoms with Crippen LogP contribution in [0.3, 0.4) is 0 Å². The lowest BCUT2D eigenvalue weighted by atomic mass is 9.94. The third-order valence-corrected chi connectivity index (χ3v) is 5.13. The molecule has 0 aromatic carbocycles. The van der Waals surface area contributed by atoms with Crippen molar-refractivity contribution in [2.45, 2.75) is 113 Å². The molecule has 0 N–H and O–H groups in total. The van der Waals surface area contributed by atoms with Crippen molar-refractivity contribution in [2.24, 2.45) is 11.8 Å². The molecule has 0 unspecified atom stereocenters. The number of nitrogens with zero attached hydrogens (tertiary/aromatic N) is 2. The van der Waals surface area contributed by atoms with Crippen LogP contribution in [0, 0.1) is 11.8 Å². The van der Waals surface area contributed by atoms with Crippen LogP contribution in [-0.4, -0.2) is 47.8 Å². The summed E-state index contributed by atoms with van der Waals surface area (Å²) in [5, 5.41) is 0. The molecule has 2 fully saturated rings. The van der Waals surface area contributed by atoms with Gasteiger partial charge in [0.2, 0.25) is 11.8 Å². The Morgan fingerprint density at radius 1 is 0.750 bits per heavy atom. The second-order valence-electron chi connectivity index (χ2n) is 7.94. The molecule has 4 nitrogen and oxygen atoms in total. The van der Waals surface area contributed by atoms with E-state index in [1.165, 1.54) is 51.4 Å². The molecule has 2 aliphatic rings. The lowest BCUT2D eigenvalue weighted by Crippen LogP contribution is -2.40. The monoisotopic (exact) mass is 398 g/mol. The van der Waals surface area contributed by atoms with Gasteiger partial charge < -0.3 is 9.80 Å². The Kier molecular flexibility index (Phi) is 18.7. The number of rotatable bonds is 3. The van der Waals surface area contributed by atoms with Crippen molar-refractivity contribution in [1.82, 2.24) is 9.80 Å². The minimum atomic E-state index is 0.145. The smallest absolute Gasteiger partial charge is 0.225 e. The number of hydrogen-bond donors (Lipinski definition) is 0. The Bertz CT molecular complexity index is 382. The number of carbonyl (C=O) groups excluding carboxylic acids is 2. The minimum Gasteiger partial charge on any atom is -0.343 e. The van der Waals surface area contributed by atoms with E-state index in [-0.39, 0.29) is 11.8 Å². The van der Waals surface area contributed by atoms with Crippen molar-refractivity contribution >= 4 is 11.8 Å². The van der Waals surface area contributed by atoms with Crippen LogP contribution in [0.25, 0.3) is 0 Å². The van der Waals surface area contributed by atoms with Crippen molar-refractivity contribution in [3.8, 4) is 0 Å². The van der Waals surface area contributed by atoms with Crippen molar-refractivity contribution in [2.75, 3.05) is 20.1 Å². The quantitative estimate of drug-likeness (QED) is 0.573. The molecule has 0 aromatic rings. The molecule has 0 aromatic heterocycles. The molecule has 1 saturated heterocycles. The first-order valence-corrected chi connectivity index (χ1v) is 11.9. The van der Waals surface area contributed by atoms with Crippen LogP contribution in [0.2, 0.25) is 0 Å². The Morgan fingerprint density at radius 3 is 1.57 bits per heavy atom. The van der Waals surface area contributed by atoms with Crippen LogP contribution < -0.4 is 0 Å². The van der Waals surface area contributed by atoms with Crippen LogP contribution in [0.1, 0.15) is 107 Å². The molecule has 168 valence electrons. The van der Waals surface area contributed by atoms with Gasteiger partial charge in [-0.25, -0.2) is 0 Å². The number of piperidine rings is 1. The average Bonchev–Trinajstić information content (AvgIpc) is 2.76. The predicted molar refractivity (Wildman–Crippen MR) is 122 cm³/mol. The first-order valence-electron chi connectivity index (χ1n) is 11.9. The summed E-state index contributed by atoms with van der Waals surface area (Å²) in [7, 11) is 1.96. The third kappa shape index (κ3) is 11.7. The molecule has 1 saturated carbocycles. The molecule has 2 amide bonds. The molecule has 0 bridgehead atoms. The zero-order valence-corrected chi connectivity index (χ0v) is 20.5. The van der Waals surface area contributed by atoms with Crippen molar-refractivity contribution in [1.29, 1.82) is 0 Å². The highest BCUT2D eigenvalue weighted by Crippen LogP contribution is 2.22. The maximum absolute atomic E-state index is 11.7. The molecule has 1 aliphatic carbocycles. The van der Waals surface area contributed by atoms with Gasteiger partial charge >= 0.3 is 0 Å². The molecule has 1 heterocycles. The molecule has 0 radical (unpaired) electrons. The summed E-state index contributed by atoms with van der Waals surface area (Å²) in [5.74, 6) is 0.941. The minimum absolute atomic E-state index is 0.145. The number of carbonyl (C=O) groups is 2. The Morgan fingerprint density at radius 2 is 1.18 bits per heavy atom. The van der Waals surface area contributed by atoms with Gasteiger partial charge in [-0.15, -0.1) is 0 Å². The van der Waals surface area contributed by atoms with E-state index in [1.54, 1.807) is 0 Å². The van der Waals surface area contributed by atoms with E-state index in [0.29, 0.717) is 17.9 Å². The second kappa shape index (κ2) is 18.0. The normalized spacial score (nSPS) is 16.8. The summed E-state index contributed by atoms with van der Waals surface area (Å²) in [6.07, 6.45) is 10.0. The summed E-state index contributed by atoms with van der Waals surface area (Å²) in [5.41, 5.74) is 0. The largest absolute Gasteiger partial charge is 0.343 e. The number of likely N-dealkylation sites (tertiary alicyclic amines) is 1. The number of amides is 2. The second-order valence-corrected chi connectivity index (χ2v) is 7.94. The van der Waals surface area contributed by atoms with E-state index in [1.807, 2.05) is 72.2 Å². The Hall–Kier alpha value is -1.06. The van der Waals surface area contributed by atoms with Crippen LogP contribution in [0.5, 0.6) is 0 Å². The van der Waals surface area contributed by atoms with Gasteiger partial charge in [0.15, 0.2) is 0 Å². The Labute approximate surface area is 176 Å². The van der Waals surface area contributed by atoms with Crippen LogP contribution in [-0.2, 0) is 9.59 Å². The lowest BCUT2D eigenvalue weighted by Gasteiger charge is -2.32. The maximum atomic E-state index is 11.7. The topological polar surface area (TPSA) is 40.6 Å². The van der Waals surface area contributed by atoms with Gasteiger partial charge in [-0.3, -0.25) is 9.59 Å². The number of hydrogen-bond acceptors (Lipinski definition) is 2.